The first kappa shape index (κ1) is 15.4. The lowest BCUT2D eigenvalue weighted by Gasteiger charge is -2.15. The lowest BCUT2D eigenvalue weighted by atomic mass is 9.91. The van der Waals surface area contributed by atoms with Gasteiger partial charge in [-0.3, -0.25) is 4.79 Å². The Kier molecular flexibility index (Phi) is 5.53. The molecule has 1 aliphatic carbocycles. The quantitative estimate of drug-likeness (QED) is 0.700. The maximum Gasteiger partial charge on any atom is 0.306 e. The SMILES string of the molecule is CCCSc1ccc(C(CC)CC2CC2C(=O)O)cc1. The van der Waals surface area contributed by atoms with E-state index in [0.717, 1.165) is 19.3 Å². The van der Waals surface area contributed by atoms with Crippen molar-refractivity contribution in [3.8, 4) is 0 Å². The Labute approximate surface area is 126 Å². The Bertz CT molecular complexity index is 441. The highest BCUT2D eigenvalue weighted by Gasteiger charge is 2.43. The van der Waals surface area contributed by atoms with Gasteiger partial charge in [0.1, 0.15) is 0 Å². The summed E-state index contributed by atoms with van der Waals surface area (Å²) in [5.74, 6) is 1.37. The molecule has 0 bridgehead atoms. The fourth-order valence-corrected chi connectivity index (χ4v) is 3.54. The largest absolute Gasteiger partial charge is 0.481 e. The van der Waals surface area contributed by atoms with Crippen LogP contribution in [0.1, 0.15) is 51.0 Å². The molecule has 2 rings (SSSR count). The van der Waals surface area contributed by atoms with Gasteiger partial charge in [-0.25, -0.2) is 0 Å². The third kappa shape index (κ3) is 4.02. The lowest BCUT2D eigenvalue weighted by Crippen LogP contribution is -2.04. The third-order valence-electron chi connectivity index (χ3n) is 4.14. The van der Waals surface area contributed by atoms with Crippen molar-refractivity contribution in [3.05, 3.63) is 29.8 Å². The average Bonchev–Trinajstić information content (AvgIpc) is 3.23. The van der Waals surface area contributed by atoms with Crippen LogP contribution in [-0.2, 0) is 4.79 Å². The van der Waals surface area contributed by atoms with E-state index in [1.165, 1.54) is 22.6 Å². The highest BCUT2D eigenvalue weighted by atomic mass is 32.2. The van der Waals surface area contributed by atoms with Crippen molar-refractivity contribution in [2.24, 2.45) is 11.8 Å². The number of rotatable bonds is 8. The van der Waals surface area contributed by atoms with Gasteiger partial charge in [0.15, 0.2) is 0 Å². The normalized spacial score (nSPS) is 22.5. The summed E-state index contributed by atoms with van der Waals surface area (Å²) in [5.41, 5.74) is 1.37. The van der Waals surface area contributed by atoms with Crippen LogP contribution in [0.5, 0.6) is 0 Å². The molecule has 1 aliphatic rings. The van der Waals surface area contributed by atoms with Crippen molar-refractivity contribution >= 4 is 17.7 Å². The second-order valence-electron chi connectivity index (χ2n) is 5.70. The molecule has 0 radical (unpaired) electrons. The minimum atomic E-state index is -0.615. The molecule has 110 valence electrons. The molecule has 1 fully saturated rings. The van der Waals surface area contributed by atoms with Crippen LogP contribution < -0.4 is 0 Å². The predicted molar refractivity (Wildman–Crippen MR) is 84.3 cm³/mol. The molecule has 0 spiro atoms. The number of benzene rings is 1. The molecule has 1 aromatic carbocycles. The first-order valence-electron chi connectivity index (χ1n) is 7.61. The molecule has 3 atom stereocenters. The van der Waals surface area contributed by atoms with E-state index in [4.69, 9.17) is 5.11 Å². The Balaban J connectivity index is 1.92. The van der Waals surface area contributed by atoms with E-state index in [-0.39, 0.29) is 5.92 Å². The molecule has 20 heavy (non-hydrogen) atoms. The smallest absolute Gasteiger partial charge is 0.306 e. The van der Waals surface area contributed by atoms with Crippen LogP contribution in [-0.4, -0.2) is 16.8 Å². The van der Waals surface area contributed by atoms with E-state index in [1.54, 1.807) is 0 Å². The minimum absolute atomic E-state index is 0.0802. The summed E-state index contributed by atoms with van der Waals surface area (Å²) in [7, 11) is 0. The maximum absolute atomic E-state index is 10.9. The predicted octanol–water partition coefficient (Wildman–Crippen LogP) is 4.79. The maximum atomic E-state index is 10.9. The molecular weight excluding hydrogens is 268 g/mol. The van der Waals surface area contributed by atoms with E-state index >= 15 is 0 Å². The van der Waals surface area contributed by atoms with Crippen molar-refractivity contribution in [2.45, 2.75) is 50.3 Å². The zero-order valence-corrected chi connectivity index (χ0v) is 13.2. The van der Waals surface area contributed by atoms with Gasteiger partial charge < -0.3 is 5.11 Å². The van der Waals surface area contributed by atoms with Crippen LogP contribution >= 0.6 is 11.8 Å². The molecule has 0 aliphatic heterocycles. The average molecular weight is 292 g/mol. The van der Waals surface area contributed by atoms with Crippen molar-refractivity contribution in [1.29, 1.82) is 0 Å². The van der Waals surface area contributed by atoms with E-state index in [9.17, 15) is 4.79 Å². The van der Waals surface area contributed by atoms with Gasteiger partial charge in [0.25, 0.3) is 0 Å². The van der Waals surface area contributed by atoms with E-state index < -0.39 is 5.97 Å². The van der Waals surface area contributed by atoms with Crippen LogP contribution in [0.3, 0.4) is 0 Å². The van der Waals surface area contributed by atoms with Crippen LogP contribution in [0.4, 0.5) is 0 Å². The molecule has 1 aromatic rings. The van der Waals surface area contributed by atoms with Crippen LogP contribution in [0.2, 0.25) is 0 Å². The van der Waals surface area contributed by atoms with Gasteiger partial charge in [-0.05, 0) is 61.0 Å². The molecule has 3 unspecified atom stereocenters. The third-order valence-corrected chi connectivity index (χ3v) is 5.36. The summed E-state index contributed by atoms with van der Waals surface area (Å²) in [6.07, 6.45) is 4.18. The van der Waals surface area contributed by atoms with Gasteiger partial charge in [0.05, 0.1) is 5.92 Å². The summed E-state index contributed by atoms with van der Waals surface area (Å²) in [6, 6.07) is 8.87. The van der Waals surface area contributed by atoms with E-state index in [1.807, 2.05) is 11.8 Å². The number of hydrogen-bond acceptors (Lipinski definition) is 2. The molecule has 1 saturated carbocycles. The number of carboxylic acids is 1. The van der Waals surface area contributed by atoms with Crippen molar-refractivity contribution in [1.82, 2.24) is 0 Å². The number of thioether (sulfide) groups is 1. The molecule has 3 heteroatoms. The van der Waals surface area contributed by atoms with Gasteiger partial charge in [0.2, 0.25) is 0 Å². The molecule has 0 heterocycles. The van der Waals surface area contributed by atoms with E-state index in [2.05, 4.69) is 38.1 Å². The molecule has 1 N–H and O–H groups in total. The summed E-state index contributed by atoms with van der Waals surface area (Å²) in [5, 5.41) is 9.00. The topological polar surface area (TPSA) is 37.3 Å². The zero-order chi connectivity index (χ0) is 14.5. The summed E-state index contributed by atoms with van der Waals surface area (Å²) >= 11 is 1.90. The summed E-state index contributed by atoms with van der Waals surface area (Å²) < 4.78 is 0. The highest BCUT2D eigenvalue weighted by molar-refractivity contribution is 7.99. The van der Waals surface area contributed by atoms with Gasteiger partial charge in [-0.15, -0.1) is 11.8 Å². The van der Waals surface area contributed by atoms with Crippen LogP contribution in [0.25, 0.3) is 0 Å². The summed E-state index contributed by atoms with van der Waals surface area (Å²) in [6.45, 7) is 4.39. The van der Waals surface area contributed by atoms with Crippen molar-refractivity contribution < 1.29 is 9.90 Å². The molecule has 0 aromatic heterocycles. The standard InChI is InChI=1S/C17H24O2S/c1-3-9-20-15-7-5-13(6-8-15)12(4-2)10-14-11-16(14)17(18)19/h5-8,12,14,16H,3-4,9-11H2,1-2H3,(H,18,19). The first-order chi connectivity index (χ1) is 9.65. The number of carboxylic acid groups (broad SMARTS) is 1. The Morgan fingerprint density at radius 1 is 1.35 bits per heavy atom. The fourth-order valence-electron chi connectivity index (χ4n) is 2.77. The van der Waals surface area contributed by atoms with E-state index in [0.29, 0.717) is 11.8 Å². The zero-order valence-electron chi connectivity index (χ0n) is 12.3. The van der Waals surface area contributed by atoms with Crippen molar-refractivity contribution in [3.63, 3.8) is 0 Å². The van der Waals surface area contributed by atoms with Crippen LogP contribution in [0.15, 0.2) is 29.2 Å². The molecule has 0 amide bonds. The Morgan fingerprint density at radius 3 is 2.55 bits per heavy atom. The van der Waals surface area contributed by atoms with Crippen molar-refractivity contribution in [2.75, 3.05) is 5.75 Å². The van der Waals surface area contributed by atoms with Gasteiger partial charge in [-0.1, -0.05) is 26.0 Å². The molecule has 0 saturated heterocycles. The highest BCUT2D eigenvalue weighted by Crippen LogP contribution is 2.46. The fraction of sp³-hybridized carbons (Fsp3) is 0.588. The molecular formula is C17H24O2S. The second kappa shape index (κ2) is 7.16. The summed E-state index contributed by atoms with van der Waals surface area (Å²) in [4.78, 5) is 12.3. The van der Waals surface area contributed by atoms with Crippen LogP contribution in [0, 0.1) is 11.8 Å². The second-order valence-corrected chi connectivity index (χ2v) is 6.87. The number of carbonyl (C=O) groups is 1. The lowest BCUT2D eigenvalue weighted by molar-refractivity contribution is -0.138. The first-order valence-corrected chi connectivity index (χ1v) is 8.59. The van der Waals surface area contributed by atoms with Gasteiger partial charge in [0, 0.05) is 4.90 Å². The van der Waals surface area contributed by atoms with Gasteiger partial charge in [-0.2, -0.15) is 0 Å². The Morgan fingerprint density at radius 2 is 2.05 bits per heavy atom. The Hall–Kier alpha value is -0.960. The number of hydrogen-bond donors (Lipinski definition) is 1. The number of aliphatic carboxylic acids is 1. The monoisotopic (exact) mass is 292 g/mol. The molecule has 2 nitrogen and oxygen atoms in total. The minimum Gasteiger partial charge on any atom is -0.481 e. The van der Waals surface area contributed by atoms with Gasteiger partial charge >= 0.3 is 5.97 Å².